The molecule has 0 saturated heterocycles. The Bertz CT molecular complexity index is 511. The minimum absolute atomic E-state index is 0.0642. The molecule has 0 aromatic heterocycles. The molecule has 2 atom stereocenters. The van der Waals surface area contributed by atoms with Gasteiger partial charge in [-0.05, 0) is 71.6 Å². The van der Waals surface area contributed by atoms with Crippen LogP contribution < -0.4 is 4.74 Å². The second-order valence-electron chi connectivity index (χ2n) is 8.28. The molecule has 1 saturated carbocycles. The fourth-order valence-electron chi connectivity index (χ4n) is 2.87. The molecule has 23 heavy (non-hydrogen) atoms. The minimum atomic E-state index is -3.29. The maximum absolute atomic E-state index is 11.2. The Labute approximate surface area is 141 Å². The average Bonchev–Trinajstić information content (AvgIpc) is 3.15. The maximum atomic E-state index is 11.2. The van der Waals surface area contributed by atoms with Gasteiger partial charge >= 0.3 is 8.80 Å². The number of hydrogen-bond donors (Lipinski definition) is 1. The van der Waals surface area contributed by atoms with E-state index in [9.17, 15) is 4.80 Å². The summed E-state index contributed by atoms with van der Waals surface area (Å²) in [6.07, 6.45) is 0.904. The Balaban J connectivity index is 2.17. The Kier molecular flexibility index (Phi) is 4.98. The number of methoxy groups -OCH3 is 1. The number of ether oxygens (including phenoxy) is 1. The van der Waals surface area contributed by atoms with Crippen molar-refractivity contribution in [1.29, 1.82) is 0 Å². The quantitative estimate of drug-likeness (QED) is 0.821. The number of rotatable bonds is 5. The maximum Gasteiger partial charge on any atom is 0.502 e. The van der Waals surface area contributed by atoms with Gasteiger partial charge in [-0.2, -0.15) is 0 Å². The van der Waals surface area contributed by atoms with E-state index < -0.39 is 20.0 Å². The lowest BCUT2D eigenvalue weighted by Gasteiger charge is -2.37. The van der Waals surface area contributed by atoms with Crippen LogP contribution in [0.3, 0.4) is 0 Å². The van der Waals surface area contributed by atoms with Crippen molar-refractivity contribution in [1.82, 2.24) is 0 Å². The standard InChI is InChI=1S/C18H30O4Si/c1-17(2,3)21-23(19,22-18(4,5)6)16-12-15(16)13-8-10-14(20-7)11-9-13/h8-11,15-16,19H,12H2,1-7H3/t15-,16+/m1/s1. The molecule has 1 aliphatic rings. The molecule has 1 aliphatic carbocycles. The van der Waals surface area contributed by atoms with Crippen molar-refractivity contribution in [3.63, 3.8) is 0 Å². The zero-order chi connectivity index (χ0) is 17.5. The van der Waals surface area contributed by atoms with E-state index in [0.29, 0.717) is 5.92 Å². The zero-order valence-corrected chi connectivity index (χ0v) is 16.3. The van der Waals surface area contributed by atoms with Gasteiger partial charge in [-0.15, -0.1) is 0 Å². The summed E-state index contributed by atoms with van der Waals surface area (Å²) in [7, 11) is -1.62. The fraction of sp³-hybridized carbons (Fsp3) is 0.667. The van der Waals surface area contributed by atoms with Gasteiger partial charge in [-0.25, -0.2) is 0 Å². The lowest BCUT2D eigenvalue weighted by Crippen LogP contribution is -2.52. The molecule has 0 radical (unpaired) electrons. The molecular formula is C18H30O4Si. The van der Waals surface area contributed by atoms with Crippen LogP contribution in [-0.2, 0) is 8.85 Å². The molecule has 4 nitrogen and oxygen atoms in total. The van der Waals surface area contributed by atoms with Gasteiger partial charge in [0.1, 0.15) is 5.75 Å². The highest BCUT2D eigenvalue weighted by atomic mass is 28.4. The van der Waals surface area contributed by atoms with Crippen LogP contribution in [0.1, 0.15) is 59.4 Å². The Hall–Kier alpha value is -0.883. The van der Waals surface area contributed by atoms with Crippen molar-refractivity contribution >= 4 is 8.80 Å². The first kappa shape index (κ1) is 18.5. The van der Waals surface area contributed by atoms with Crippen molar-refractivity contribution in [3.8, 4) is 5.75 Å². The predicted molar refractivity (Wildman–Crippen MR) is 93.8 cm³/mol. The van der Waals surface area contributed by atoms with Crippen LogP contribution in [0.15, 0.2) is 24.3 Å². The summed E-state index contributed by atoms with van der Waals surface area (Å²) in [4.78, 5) is 11.2. The third-order valence-electron chi connectivity index (χ3n) is 3.71. The monoisotopic (exact) mass is 338 g/mol. The van der Waals surface area contributed by atoms with Crippen molar-refractivity contribution in [2.45, 2.75) is 70.6 Å². The molecule has 0 heterocycles. The van der Waals surface area contributed by atoms with Crippen LogP contribution in [0.4, 0.5) is 0 Å². The Morgan fingerprint density at radius 3 is 1.83 bits per heavy atom. The van der Waals surface area contributed by atoms with Crippen molar-refractivity contribution in [2.75, 3.05) is 7.11 Å². The van der Waals surface area contributed by atoms with Gasteiger partial charge in [0.25, 0.3) is 0 Å². The van der Waals surface area contributed by atoms with E-state index in [0.717, 1.165) is 12.2 Å². The minimum Gasteiger partial charge on any atom is -0.497 e. The highest BCUT2D eigenvalue weighted by Crippen LogP contribution is 2.59. The summed E-state index contributed by atoms with van der Waals surface area (Å²) in [5.41, 5.74) is 0.407. The van der Waals surface area contributed by atoms with Gasteiger partial charge in [-0.1, -0.05) is 12.1 Å². The van der Waals surface area contributed by atoms with E-state index in [4.69, 9.17) is 13.6 Å². The topological polar surface area (TPSA) is 47.9 Å². The van der Waals surface area contributed by atoms with Crippen LogP contribution in [0.2, 0.25) is 5.54 Å². The second kappa shape index (κ2) is 6.20. The molecule has 2 rings (SSSR count). The van der Waals surface area contributed by atoms with Gasteiger partial charge in [0.2, 0.25) is 0 Å². The Morgan fingerprint density at radius 2 is 1.43 bits per heavy atom. The average molecular weight is 339 g/mol. The van der Waals surface area contributed by atoms with Crippen LogP contribution in [0.25, 0.3) is 0 Å². The highest BCUT2D eigenvalue weighted by molar-refractivity contribution is 6.62. The van der Waals surface area contributed by atoms with E-state index in [1.165, 1.54) is 5.56 Å². The SMILES string of the molecule is COc1ccc([C@H]2C[C@@H]2[Si](O)(OC(C)(C)C)OC(C)(C)C)cc1. The zero-order valence-electron chi connectivity index (χ0n) is 15.3. The van der Waals surface area contributed by atoms with Gasteiger partial charge in [0, 0.05) is 5.54 Å². The molecule has 130 valence electrons. The van der Waals surface area contributed by atoms with E-state index in [1.807, 2.05) is 53.7 Å². The molecule has 1 aromatic rings. The van der Waals surface area contributed by atoms with Crippen molar-refractivity contribution in [2.24, 2.45) is 0 Å². The summed E-state index contributed by atoms with van der Waals surface area (Å²) < 4.78 is 17.3. The van der Waals surface area contributed by atoms with Gasteiger partial charge in [-0.3, -0.25) is 0 Å². The third-order valence-corrected chi connectivity index (χ3v) is 7.09. The summed E-state index contributed by atoms with van der Waals surface area (Å²) in [6.45, 7) is 11.8. The molecule has 0 aliphatic heterocycles. The van der Waals surface area contributed by atoms with E-state index in [-0.39, 0.29) is 5.54 Å². The third kappa shape index (κ3) is 5.04. The normalized spacial score (nSPS) is 22.1. The molecule has 0 amide bonds. The van der Waals surface area contributed by atoms with Gasteiger partial charge in [0.05, 0.1) is 18.3 Å². The molecule has 1 aromatic carbocycles. The molecule has 0 bridgehead atoms. The summed E-state index contributed by atoms with van der Waals surface area (Å²) >= 11 is 0. The van der Waals surface area contributed by atoms with Gasteiger partial charge in [0.15, 0.2) is 0 Å². The molecule has 1 N–H and O–H groups in total. The van der Waals surface area contributed by atoms with Crippen molar-refractivity contribution in [3.05, 3.63) is 29.8 Å². The smallest absolute Gasteiger partial charge is 0.497 e. The van der Waals surface area contributed by atoms with Crippen LogP contribution >= 0.6 is 0 Å². The lowest BCUT2D eigenvalue weighted by molar-refractivity contribution is -0.0285. The summed E-state index contributed by atoms with van der Waals surface area (Å²) in [5, 5.41) is 0. The lowest BCUT2D eigenvalue weighted by atomic mass is 10.1. The summed E-state index contributed by atoms with van der Waals surface area (Å²) in [5.74, 6) is 1.14. The first-order chi connectivity index (χ1) is 10.4. The molecular weight excluding hydrogens is 308 g/mol. The Morgan fingerprint density at radius 1 is 0.957 bits per heavy atom. The van der Waals surface area contributed by atoms with Crippen molar-refractivity contribution < 1.29 is 18.4 Å². The molecule has 1 fully saturated rings. The highest BCUT2D eigenvalue weighted by Gasteiger charge is 2.62. The fourth-order valence-corrected chi connectivity index (χ4v) is 6.22. The van der Waals surface area contributed by atoms with Crippen LogP contribution in [0, 0.1) is 0 Å². The first-order valence-corrected chi connectivity index (χ1v) is 10.0. The van der Waals surface area contributed by atoms with E-state index in [2.05, 4.69) is 12.1 Å². The molecule has 5 heteroatoms. The summed E-state index contributed by atoms with van der Waals surface area (Å²) in [6, 6.07) is 8.04. The van der Waals surface area contributed by atoms with Crippen LogP contribution in [0.5, 0.6) is 5.75 Å². The van der Waals surface area contributed by atoms with Crippen LogP contribution in [-0.4, -0.2) is 31.9 Å². The second-order valence-corrected chi connectivity index (χ2v) is 10.7. The molecule has 0 spiro atoms. The molecule has 0 unspecified atom stereocenters. The van der Waals surface area contributed by atoms with Gasteiger partial charge < -0.3 is 18.4 Å². The predicted octanol–water partition coefficient (Wildman–Crippen LogP) is 4.11. The first-order valence-electron chi connectivity index (χ1n) is 8.20. The van der Waals surface area contributed by atoms with E-state index in [1.54, 1.807) is 7.11 Å². The van der Waals surface area contributed by atoms with E-state index >= 15 is 0 Å². The number of hydrogen-bond acceptors (Lipinski definition) is 4. The largest absolute Gasteiger partial charge is 0.502 e. The number of benzene rings is 1.